The van der Waals surface area contributed by atoms with E-state index in [4.69, 9.17) is 9.84 Å². The molecular weight excluding hydrogens is 285 g/mol. The highest BCUT2D eigenvalue weighted by atomic mass is 32.1. The fourth-order valence-corrected chi connectivity index (χ4v) is 2.63. The second-order valence-electron chi connectivity index (χ2n) is 4.06. The number of thiazole rings is 1. The van der Waals surface area contributed by atoms with E-state index in [1.54, 1.807) is 0 Å². The molecule has 0 aromatic carbocycles. The van der Waals surface area contributed by atoms with Crippen LogP contribution in [0.1, 0.15) is 28.3 Å². The van der Waals surface area contributed by atoms with Gasteiger partial charge in [0, 0.05) is 6.61 Å². The topological polar surface area (TPSA) is 71.5 Å². The molecule has 1 aliphatic heterocycles. The quantitative estimate of drug-likeness (QED) is 0.896. The van der Waals surface area contributed by atoms with Crippen LogP contribution in [-0.4, -0.2) is 35.3 Å². The number of ether oxygens (including phenoxy) is 1. The number of halogens is 3. The fraction of sp³-hybridized carbons (Fsp3) is 0.600. The molecule has 19 heavy (non-hydrogen) atoms. The molecule has 1 saturated heterocycles. The minimum atomic E-state index is -4.64. The third kappa shape index (κ3) is 3.35. The smallest absolute Gasteiger partial charge is 0.443 e. The largest absolute Gasteiger partial charge is 0.476 e. The van der Waals surface area contributed by atoms with Crippen LogP contribution in [-0.2, 0) is 10.9 Å². The lowest BCUT2D eigenvalue weighted by Gasteiger charge is -2.23. The molecule has 0 saturated carbocycles. The minimum absolute atomic E-state index is 0.0738. The van der Waals surface area contributed by atoms with Gasteiger partial charge in [0.05, 0.1) is 12.6 Å². The predicted octanol–water partition coefficient (Wildman–Crippen LogP) is 2.45. The van der Waals surface area contributed by atoms with Crippen molar-refractivity contribution in [1.82, 2.24) is 4.98 Å². The molecule has 5 nitrogen and oxygen atoms in total. The maximum absolute atomic E-state index is 12.5. The summed E-state index contributed by atoms with van der Waals surface area (Å²) < 4.78 is 42.8. The third-order valence-electron chi connectivity index (χ3n) is 2.57. The average molecular weight is 296 g/mol. The maximum Gasteiger partial charge on any atom is 0.443 e. The van der Waals surface area contributed by atoms with E-state index >= 15 is 0 Å². The minimum Gasteiger partial charge on any atom is -0.476 e. The van der Waals surface area contributed by atoms with Crippen molar-refractivity contribution >= 4 is 22.3 Å². The molecule has 2 N–H and O–H groups in total. The molecular formula is C10H11F3N2O3S. The molecule has 0 radical (unpaired) electrons. The monoisotopic (exact) mass is 296 g/mol. The first kappa shape index (κ1) is 14.1. The number of carboxylic acids is 1. The van der Waals surface area contributed by atoms with Crippen molar-refractivity contribution in [2.45, 2.75) is 25.1 Å². The van der Waals surface area contributed by atoms with Crippen LogP contribution in [0.4, 0.5) is 18.2 Å². The summed E-state index contributed by atoms with van der Waals surface area (Å²) in [5.74, 6) is -1.48. The number of hydrogen-bond acceptors (Lipinski definition) is 5. The molecule has 2 heterocycles. The van der Waals surface area contributed by atoms with Crippen LogP contribution in [0.2, 0.25) is 0 Å². The molecule has 1 aromatic heterocycles. The van der Waals surface area contributed by atoms with Crippen molar-refractivity contribution in [2.24, 2.45) is 0 Å². The number of nitrogens with zero attached hydrogens (tertiary/aromatic N) is 1. The first-order chi connectivity index (χ1) is 8.88. The van der Waals surface area contributed by atoms with Gasteiger partial charge in [0.25, 0.3) is 0 Å². The predicted molar refractivity (Wildman–Crippen MR) is 61.5 cm³/mol. The lowest BCUT2D eigenvalue weighted by Crippen LogP contribution is -2.30. The molecule has 1 atom stereocenters. The van der Waals surface area contributed by atoms with Gasteiger partial charge in [-0.15, -0.1) is 0 Å². The molecule has 1 unspecified atom stereocenters. The summed E-state index contributed by atoms with van der Waals surface area (Å²) in [5, 5.41) is 10.4. The van der Waals surface area contributed by atoms with Crippen LogP contribution in [0.15, 0.2) is 0 Å². The van der Waals surface area contributed by atoms with Crippen molar-refractivity contribution in [2.75, 3.05) is 18.5 Å². The average Bonchev–Trinajstić information content (AvgIpc) is 2.74. The van der Waals surface area contributed by atoms with Gasteiger partial charge in [0.1, 0.15) is 5.00 Å². The second-order valence-corrected chi connectivity index (χ2v) is 5.06. The number of anilines is 1. The normalized spacial score (nSPS) is 20.3. The zero-order chi connectivity index (χ0) is 14.0. The molecule has 0 amide bonds. The summed E-state index contributed by atoms with van der Waals surface area (Å²) in [6.45, 7) is 0.957. The van der Waals surface area contributed by atoms with Gasteiger partial charge in [0.15, 0.2) is 5.69 Å². The second kappa shape index (κ2) is 5.33. The number of carboxylic acid groups (broad SMARTS) is 1. The Hall–Kier alpha value is -1.35. The van der Waals surface area contributed by atoms with E-state index in [1.807, 2.05) is 0 Å². The summed E-state index contributed by atoms with van der Waals surface area (Å²) in [4.78, 5) is 14.0. The highest BCUT2D eigenvalue weighted by Gasteiger charge is 2.37. The fourth-order valence-electron chi connectivity index (χ4n) is 1.72. The van der Waals surface area contributed by atoms with E-state index in [0.717, 1.165) is 12.8 Å². The lowest BCUT2D eigenvalue weighted by molar-refractivity contribution is -0.137. The number of alkyl halides is 3. The Bertz CT molecular complexity index is 469. The number of carbonyl (C=O) groups is 1. The van der Waals surface area contributed by atoms with Gasteiger partial charge in [-0.3, -0.25) is 0 Å². The van der Waals surface area contributed by atoms with Crippen molar-refractivity contribution < 1.29 is 27.8 Å². The third-order valence-corrected chi connectivity index (χ3v) is 3.60. The molecule has 0 aliphatic carbocycles. The molecule has 0 bridgehead atoms. The van der Waals surface area contributed by atoms with Gasteiger partial charge in [-0.1, -0.05) is 11.3 Å². The Morgan fingerprint density at radius 2 is 2.26 bits per heavy atom. The van der Waals surface area contributed by atoms with Crippen molar-refractivity contribution in [1.29, 1.82) is 0 Å². The number of nitrogens with one attached hydrogen (secondary N) is 1. The number of aromatic carboxylic acids is 1. The van der Waals surface area contributed by atoms with E-state index in [-0.39, 0.29) is 11.0 Å². The summed E-state index contributed by atoms with van der Waals surface area (Å²) in [5.41, 5.74) is -0.595. The van der Waals surface area contributed by atoms with E-state index in [9.17, 15) is 18.0 Å². The Balaban J connectivity index is 2.22. The van der Waals surface area contributed by atoms with Crippen LogP contribution >= 0.6 is 11.3 Å². The zero-order valence-electron chi connectivity index (χ0n) is 9.66. The highest BCUT2D eigenvalue weighted by molar-refractivity contribution is 7.16. The van der Waals surface area contributed by atoms with Gasteiger partial charge in [-0.25, -0.2) is 9.78 Å². The number of rotatable bonds is 3. The van der Waals surface area contributed by atoms with Crippen molar-refractivity contribution in [3.05, 3.63) is 10.7 Å². The number of hydrogen-bond donors (Lipinski definition) is 2. The SMILES string of the molecule is O=C(O)c1nc(C(F)(F)F)sc1NC1CCCOC1. The Morgan fingerprint density at radius 3 is 2.79 bits per heavy atom. The maximum atomic E-state index is 12.5. The summed E-state index contributed by atoms with van der Waals surface area (Å²) in [6.07, 6.45) is -3.14. The summed E-state index contributed by atoms with van der Waals surface area (Å²) in [7, 11) is 0. The molecule has 2 rings (SSSR count). The van der Waals surface area contributed by atoms with E-state index in [1.165, 1.54) is 0 Å². The van der Waals surface area contributed by atoms with Gasteiger partial charge in [-0.2, -0.15) is 13.2 Å². The Labute approximate surface area is 110 Å². The lowest BCUT2D eigenvalue weighted by atomic mass is 10.1. The van der Waals surface area contributed by atoms with Crippen LogP contribution in [0, 0.1) is 0 Å². The molecule has 1 aliphatic rings. The summed E-state index contributed by atoms with van der Waals surface area (Å²) >= 11 is 0.305. The van der Waals surface area contributed by atoms with Crippen LogP contribution < -0.4 is 5.32 Å². The Morgan fingerprint density at radius 1 is 1.53 bits per heavy atom. The first-order valence-electron chi connectivity index (χ1n) is 5.53. The standard InChI is InChI=1S/C10H11F3N2O3S/c11-10(12,13)9-15-6(8(16)17)7(19-9)14-5-2-1-3-18-4-5/h5,14H,1-4H2,(H,16,17). The highest BCUT2D eigenvalue weighted by Crippen LogP contribution is 2.37. The summed E-state index contributed by atoms with van der Waals surface area (Å²) in [6, 6.07) is -0.187. The van der Waals surface area contributed by atoms with Gasteiger partial charge >= 0.3 is 12.1 Å². The van der Waals surface area contributed by atoms with Crippen LogP contribution in [0.25, 0.3) is 0 Å². The Kier molecular flexibility index (Phi) is 3.95. The number of aromatic nitrogens is 1. The molecule has 1 fully saturated rings. The van der Waals surface area contributed by atoms with E-state index in [0.29, 0.717) is 24.6 Å². The molecule has 0 spiro atoms. The van der Waals surface area contributed by atoms with Gasteiger partial charge < -0.3 is 15.2 Å². The van der Waals surface area contributed by atoms with Crippen LogP contribution in [0.5, 0.6) is 0 Å². The zero-order valence-corrected chi connectivity index (χ0v) is 10.5. The molecule has 9 heteroatoms. The molecule has 1 aromatic rings. The van der Waals surface area contributed by atoms with Gasteiger partial charge in [-0.05, 0) is 12.8 Å². The first-order valence-corrected chi connectivity index (χ1v) is 6.35. The van der Waals surface area contributed by atoms with E-state index in [2.05, 4.69) is 10.3 Å². The van der Waals surface area contributed by atoms with Crippen molar-refractivity contribution in [3.8, 4) is 0 Å². The van der Waals surface area contributed by atoms with Gasteiger partial charge in [0.2, 0.25) is 5.01 Å². The van der Waals surface area contributed by atoms with Crippen LogP contribution in [0.3, 0.4) is 0 Å². The van der Waals surface area contributed by atoms with E-state index < -0.39 is 22.8 Å². The van der Waals surface area contributed by atoms with Crippen molar-refractivity contribution in [3.63, 3.8) is 0 Å². The molecule has 106 valence electrons.